The smallest absolute Gasteiger partial charge is 0.125 e. The van der Waals surface area contributed by atoms with E-state index in [2.05, 4.69) is 0 Å². The molecule has 0 aliphatic carbocycles. The molecule has 0 saturated heterocycles. The van der Waals surface area contributed by atoms with Crippen LogP contribution >= 0.6 is 0 Å². The monoisotopic (exact) mass is 270 g/mol. The van der Waals surface area contributed by atoms with Crippen LogP contribution < -0.4 is 10.5 Å². The SMILES string of the molecule is COc1ccc(N)cc1Cn1ccc2ccc(F)cc21. The lowest BCUT2D eigenvalue weighted by atomic mass is 10.1. The summed E-state index contributed by atoms with van der Waals surface area (Å²) in [5.41, 5.74) is 8.33. The number of benzene rings is 2. The molecule has 0 aliphatic heterocycles. The van der Waals surface area contributed by atoms with Crippen molar-refractivity contribution < 1.29 is 9.13 Å². The summed E-state index contributed by atoms with van der Waals surface area (Å²) < 4.78 is 20.7. The van der Waals surface area contributed by atoms with Gasteiger partial charge in [-0.05, 0) is 47.9 Å². The fraction of sp³-hybridized carbons (Fsp3) is 0.125. The van der Waals surface area contributed by atoms with Gasteiger partial charge in [-0.3, -0.25) is 0 Å². The van der Waals surface area contributed by atoms with E-state index >= 15 is 0 Å². The van der Waals surface area contributed by atoms with Crippen LogP contribution in [0.4, 0.5) is 10.1 Å². The van der Waals surface area contributed by atoms with Gasteiger partial charge in [-0.25, -0.2) is 4.39 Å². The molecule has 3 nitrogen and oxygen atoms in total. The molecule has 0 saturated carbocycles. The highest BCUT2D eigenvalue weighted by atomic mass is 19.1. The quantitative estimate of drug-likeness (QED) is 0.741. The maximum atomic E-state index is 13.4. The first kappa shape index (κ1) is 12.5. The molecule has 0 aliphatic rings. The van der Waals surface area contributed by atoms with Crippen LogP contribution in [0.3, 0.4) is 0 Å². The molecule has 4 heteroatoms. The highest BCUT2D eigenvalue weighted by Crippen LogP contribution is 2.24. The number of fused-ring (bicyclic) bond motifs is 1. The van der Waals surface area contributed by atoms with Gasteiger partial charge < -0.3 is 15.0 Å². The van der Waals surface area contributed by atoms with Crippen LogP contribution in [0.2, 0.25) is 0 Å². The predicted octanol–water partition coefficient (Wildman–Crippen LogP) is 3.42. The number of methoxy groups -OCH3 is 1. The molecule has 1 heterocycles. The summed E-state index contributed by atoms with van der Waals surface area (Å²) in [6.07, 6.45) is 1.94. The second kappa shape index (κ2) is 4.89. The van der Waals surface area contributed by atoms with Gasteiger partial charge >= 0.3 is 0 Å². The Kier molecular flexibility index (Phi) is 3.06. The van der Waals surface area contributed by atoms with Gasteiger partial charge in [-0.2, -0.15) is 0 Å². The number of rotatable bonds is 3. The molecule has 3 aromatic rings. The third-order valence-corrected chi connectivity index (χ3v) is 3.38. The van der Waals surface area contributed by atoms with E-state index < -0.39 is 0 Å². The minimum Gasteiger partial charge on any atom is -0.496 e. The minimum absolute atomic E-state index is 0.239. The highest BCUT2D eigenvalue weighted by molar-refractivity contribution is 5.80. The Morgan fingerprint density at radius 3 is 2.80 bits per heavy atom. The molecule has 20 heavy (non-hydrogen) atoms. The molecule has 0 radical (unpaired) electrons. The minimum atomic E-state index is -0.239. The Balaban J connectivity index is 2.05. The summed E-state index contributed by atoms with van der Waals surface area (Å²) in [6, 6.07) is 12.3. The number of anilines is 1. The average molecular weight is 270 g/mol. The lowest BCUT2D eigenvalue weighted by Crippen LogP contribution is -2.01. The maximum Gasteiger partial charge on any atom is 0.125 e. The molecule has 1 aromatic heterocycles. The van der Waals surface area contributed by atoms with Crippen molar-refractivity contribution in [2.75, 3.05) is 12.8 Å². The van der Waals surface area contributed by atoms with Gasteiger partial charge in [0.2, 0.25) is 0 Å². The Morgan fingerprint density at radius 1 is 1.15 bits per heavy atom. The van der Waals surface area contributed by atoms with E-state index in [9.17, 15) is 4.39 Å². The van der Waals surface area contributed by atoms with Crippen LogP contribution in [0, 0.1) is 5.82 Å². The molecule has 3 rings (SSSR count). The Bertz CT molecular complexity index is 764. The van der Waals surface area contributed by atoms with Crippen molar-refractivity contribution in [3.05, 3.63) is 60.0 Å². The molecular weight excluding hydrogens is 255 g/mol. The molecule has 2 aromatic carbocycles. The number of aromatic nitrogens is 1. The summed E-state index contributed by atoms with van der Waals surface area (Å²) in [7, 11) is 1.63. The number of nitrogen functional groups attached to an aromatic ring is 1. The Labute approximate surface area is 116 Å². The third-order valence-electron chi connectivity index (χ3n) is 3.38. The third kappa shape index (κ3) is 2.20. The standard InChI is InChI=1S/C16H15FN2O/c1-20-16-5-4-14(18)8-12(16)10-19-7-6-11-2-3-13(17)9-15(11)19/h2-9H,10,18H2,1H3. The first-order valence-corrected chi connectivity index (χ1v) is 6.34. The van der Waals surface area contributed by atoms with Crippen molar-refractivity contribution in [2.45, 2.75) is 6.54 Å². The van der Waals surface area contributed by atoms with E-state index in [1.165, 1.54) is 12.1 Å². The van der Waals surface area contributed by atoms with Crippen LogP contribution in [-0.4, -0.2) is 11.7 Å². The fourth-order valence-corrected chi connectivity index (χ4v) is 2.40. The van der Waals surface area contributed by atoms with E-state index in [1.54, 1.807) is 19.2 Å². The van der Waals surface area contributed by atoms with Crippen LogP contribution in [0.15, 0.2) is 48.7 Å². The van der Waals surface area contributed by atoms with Gasteiger partial charge in [0.1, 0.15) is 11.6 Å². The van der Waals surface area contributed by atoms with Crippen LogP contribution in [0.5, 0.6) is 5.75 Å². The summed E-state index contributed by atoms with van der Waals surface area (Å²) in [5.74, 6) is 0.537. The van der Waals surface area contributed by atoms with Gasteiger partial charge in [0.05, 0.1) is 19.2 Å². The number of halogens is 1. The fourth-order valence-electron chi connectivity index (χ4n) is 2.40. The Morgan fingerprint density at radius 2 is 2.00 bits per heavy atom. The second-order valence-corrected chi connectivity index (χ2v) is 4.72. The van der Waals surface area contributed by atoms with Gasteiger partial charge in [-0.15, -0.1) is 0 Å². The number of hydrogen-bond donors (Lipinski definition) is 1. The lowest BCUT2D eigenvalue weighted by molar-refractivity contribution is 0.408. The summed E-state index contributed by atoms with van der Waals surface area (Å²) >= 11 is 0. The van der Waals surface area contributed by atoms with E-state index in [0.29, 0.717) is 12.2 Å². The van der Waals surface area contributed by atoms with E-state index in [0.717, 1.165) is 22.2 Å². The zero-order valence-corrected chi connectivity index (χ0v) is 11.1. The summed E-state index contributed by atoms with van der Waals surface area (Å²) in [4.78, 5) is 0. The van der Waals surface area contributed by atoms with E-state index in [4.69, 9.17) is 10.5 Å². The zero-order chi connectivity index (χ0) is 14.1. The number of hydrogen-bond acceptors (Lipinski definition) is 2. The van der Waals surface area contributed by atoms with Crippen molar-refractivity contribution in [1.82, 2.24) is 4.57 Å². The van der Waals surface area contributed by atoms with Gasteiger partial charge in [0.25, 0.3) is 0 Å². The van der Waals surface area contributed by atoms with Crippen molar-refractivity contribution in [1.29, 1.82) is 0 Å². The predicted molar refractivity (Wildman–Crippen MR) is 78.4 cm³/mol. The van der Waals surface area contributed by atoms with E-state index in [-0.39, 0.29) is 5.82 Å². The number of nitrogens with two attached hydrogens (primary N) is 1. The van der Waals surface area contributed by atoms with Crippen LogP contribution in [0.25, 0.3) is 10.9 Å². The lowest BCUT2D eigenvalue weighted by Gasteiger charge is -2.11. The van der Waals surface area contributed by atoms with Crippen LogP contribution in [-0.2, 0) is 6.54 Å². The molecule has 0 fully saturated rings. The molecule has 0 atom stereocenters. The molecule has 0 bridgehead atoms. The van der Waals surface area contributed by atoms with Crippen molar-refractivity contribution in [2.24, 2.45) is 0 Å². The number of ether oxygens (including phenoxy) is 1. The van der Waals surface area contributed by atoms with Gasteiger partial charge in [0, 0.05) is 17.4 Å². The van der Waals surface area contributed by atoms with E-state index in [1.807, 2.05) is 29.0 Å². The molecular formula is C16H15FN2O. The Hall–Kier alpha value is -2.49. The average Bonchev–Trinajstić information content (AvgIpc) is 2.82. The molecule has 102 valence electrons. The van der Waals surface area contributed by atoms with Crippen molar-refractivity contribution in [3.63, 3.8) is 0 Å². The first-order valence-electron chi connectivity index (χ1n) is 6.34. The molecule has 0 spiro atoms. The molecule has 2 N–H and O–H groups in total. The molecule has 0 unspecified atom stereocenters. The summed E-state index contributed by atoms with van der Waals surface area (Å²) in [5, 5.41) is 1.01. The van der Waals surface area contributed by atoms with Gasteiger partial charge in [-0.1, -0.05) is 0 Å². The van der Waals surface area contributed by atoms with Crippen molar-refractivity contribution >= 4 is 16.6 Å². The largest absolute Gasteiger partial charge is 0.496 e. The first-order chi connectivity index (χ1) is 9.67. The zero-order valence-electron chi connectivity index (χ0n) is 11.1. The molecule has 0 amide bonds. The normalized spacial score (nSPS) is 10.9. The topological polar surface area (TPSA) is 40.2 Å². The maximum absolute atomic E-state index is 13.4. The second-order valence-electron chi connectivity index (χ2n) is 4.72. The highest BCUT2D eigenvalue weighted by Gasteiger charge is 2.07. The van der Waals surface area contributed by atoms with Crippen molar-refractivity contribution in [3.8, 4) is 5.75 Å². The van der Waals surface area contributed by atoms with Crippen LogP contribution in [0.1, 0.15) is 5.56 Å². The summed E-state index contributed by atoms with van der Waals surface area (Å²) in [6.45, 7) is 0.584. The number of nitrogens with zero attached hydrogens (tertiary/aromatic N) is 1. The van der Waals surface area contributed by atoms with Gasteiger partial charge in [0.15, 0.2) is 0 Å².